The van der Waals surface area contributed by atoms with Crippen molar-refractivity contribution in [3.05, 3.63) is 18.1 Å². The zero-order chi connectivity index (χ0) is 13.5. The van der Waals surface area contributed by atoms with Gasteiger partial charge in [-0.15, -0.1) is 24.8 Å². The van der Waals surface area contributed by atoms with Crippen LogP contribution >= 0.6 is 24.8 Å². The Morgan fingerprint density at radius 1 is 1.14 bits per heavy atom. The number of nitrogens with zero attached hydrogens (tertiary/aromatic N) is 2. The average molecular weight is 334 g/mol. The maximum absolute atomic E-state index is 6.08. The van der Waals surface area contributed by atoms with E-state index in [1.54, 1.807) is 6.20 Å². The normalized spacial score (nSPS) is 27.5. The van der Waals surface area contributed by atoms with E-state index in [-0.39, 0.29) is 30.2 Å². The summed E-state index contributed by atoms with van der Waals surface area (Å²) >= 11 is 0. The lowest BCUT2D eigenvalue weighted by molar-refractivity contribution is 0.131. The summed E-state index contributed by atoms with van der Waals surface area (Å²) in [6.07, 6.45) is 6.90. The van der Waals surface area contributed by atoms with Crippen LogP contribution in [-0.4, -0.2) is 28.2 Å². The fourth-order valence-corrected chi connectivity index (χ4v) is 3.04. The van der Waals surface area contributed by atoms with Crippen molar-refractivity contribution in [1.82, 2.24) is 15.3 Å². The van der Waals surface area contributed by atoms with E-state index in [0.29, 0.717) is 18.2 Å². The summed E-state index contributed by atoms with van der Waals surface area (Å²) in [7, 11) is 0. The van der Waals surface area contributed by atoms with Crippen LogP contribution in [0.5, 0.6) is 5.88 Å². The van der Waals surface area contributed by atoms with Gasteiger partial charge in [0.05, 0.1) is 0 Å². The zero-order valence-electron chi connectivity index (χ0n) is 12.8. The quantitative estimate of drug-likeness (QED) is 0.902. The first-order chi connectivity index (χ1) is 9.00. The largest absolute Gasteiger partial charge is 0.474 e. The molecule has 2 bridgehead atoms. The van der Waals surface area contributed by atoms with E-state index in [1.165, 1.54) is 12.8 Å². The summed E-state index contributed by atoms with van der Waals surface area (Å²) < 4.78 is 6.08. The van der Waals surface area contributed by atoms with Crippen LogP contribution in [0.3, 0.4) is 0 Å². The fraction of sp³-hybridized carbons (Fsp3) is 0.733. The van der Waals surface area contributed by atoms with Gasteiger partial charge in [0.25, 0.3) is 0 Å². The van der Waals surface area contributed by atoms with Crippen molar-refractivity contribution in [3.63, 3.8) is 0 Å². The number of piperidine rings is 1. The highest BCUT2D eigenvalue weighted by atomic mass is 35.5. The van der Waals surface area contributed by atoms with Crippen molar-refractivity contribution >= 4 is 24.8 Å². The van der Waals surface area contributed by atoms with Crippen molar-refractivity contribution in [2.75, 3.05) is 0 Å². The molecule has 4 nitrogen and oxygen atoms in total. The smallest absolute Gasteiger partial charge is 0.216 e. The van der Waals surface area contributed by atoms with E-state index in [4.69, 9.17) is 4.74 Å². The lowest BCUT2D eigenvalue weighted by atomic mass is 9.96. The van der Waals surface area contributed by atoms with Crippen molar-refractivity contribution in [2.24, 2.45) is 0 Å². The summed E-state index contributed by atoms with van der Waals surface area (Å²) in [4.78, 5) is 8.90. The SMILES string of the molecule is CC(C)(C)c1nccc(OC2CC3CCC(C2)N3)n1.Cl.Cl. The minimum atomic E-state index is -0.0352. The Morgan fingerprint density at radius 3 is 2.33 bits per heavy atom. The number of rotatable bonds is 2. The third-order valence-electron chi connectivity index (χ3n) is 4.02. The number of ether oxygens (including phenoxy) is 1. The van der Waals surface area contributed by atoms with Gasteiger partial charge < -0.3 is 10.1 Å². The highest BCUT2D eigenvalue weighted by Gasteiger charge is 2.34. The van der Waals surface area contributed by atoms with Crippen LogP contribution in [-0.2, 0) is 5.41 Å². The highest BCUT2D eigenvalue weighted by Crippen LogP contribution is 2.29. The number of aromatic nitrogens is 2. The first-order valence-electron chi connectivity index (χ1n) is 7.27. The van der Waals surface area contributed by atoms with Gasteiger partial charge in [-0.25, -0.2) is 4.98 Å². The molecule has 1 aromatic rings. The molecule has 21 heavy (non-hydrogen) atoms. The molecule has 3 rings (SSSR count). The minimum Gasteiger partial charge on any atom is -0.474 e. The molecule has 3 heterocycles. The van der Waals surface area contributed by atoms with Crippen LogP contribution in [0, 0.1) is 0 Å². The van der Waals surface area contributed by atoms with Crippen LogP contribution in [0.2, 0.25) is 0 Å². The molecule has 0 aromatic carbocycles. The van der Waals surface area contributed by atoms with Crippen LogP contribution in [0.1, 0.15) is 52.3 Å². The van der Waals surface area contributed by atoms with Crippen molar-refractivity contribution < 1.29 is 4.74 Å². The molecular formula is C15H25Cl2N3O. The Bertz CT molecular complexity index is 452. The molecule has 2 aliphatic heterocycles. The predicted octanol–water partition coefficient (Wildman–Crippen LogP) is 3.28. The monoisotopic (exact) mass is 333 g/mol. The second-order valence-electron chi connectivity index (χ2n) is 6.82. The first kappa shape index (κ1) is 18.5. The van der Waals surface area contributed by atoms with E-state index in [9.17, 15) is 0 Å². The van der Waals surface area contributed by atoms with Crippen molar-refractivity contribution in [2.45, 2.75) is 70.1 Å². The third kappa shape index (κ3) is 4.44. The highest BCUT2D eigenvalue weighted by molar-refractivity contribution is 5.85. The minimum absolute atomic E-state index is 0. The van der Waals surface area contributed by atoms with Crippen molar-refractivity contribution in [3.8, 4) is 5.88 Å². The molecule has 2 atom stereocenters. The number of fused-ring (bicyclic) bond motifs is 2. The van der Waals surface area contributed by atoms with Crippen molar-refractivity contribution in [1.29, 1.82) is 0 Å². The van der Waals surface area contributed by atoms with E-state index < -0.39 is 0 Å². The fourth-order valence-electron chi connectivity index (χ4n) is 3.04. The second-order valence-corrected chi connectivity index (χ2v) is 6.82. The summed E-state index contributed by atoms with van der Waals surface area (Å²) in [5, 5.41) is 3.63. The second kappa shape index (κ2) is 7.12. The maximum Gasteiger partial charge on any atom is 0.216 e. The lowest BCUT2D eigenvalue weighted by Crippen LogP contribution is -2.42. The Balaban J connectivity index is 0.00000110. The van der Waals surface area contributed by atoms with Gasteiger partial charge in [0.1, 0.15) is 11.9 Å². The summed E-state index contributed by atoms with van der Waals surface area (Å²) in [5.41, 5.74) is -0.0352. The van der Waals surface area contributed by atoms with Gasteiger partial charge in [-0.05, 0) is 25.7 Å². The molecule has 0 spiro atoms. The number of hydrogen-bond acceptors (Lipinski definition) is 4. The molecule has 2 fully saturated rings. The Hall–Kier alpha value is -0.580. The topological polar surface area (TPSA) is 47.0 Å². The summed E-state index contributed by atoms with van der Waals surface area (Å²) in [6, 6.07) is 3.17. The van der Waals surface area contributed by atoms with E-state index in [0.717, 1.165) is 24.5 Å². The Morgan fingerprint density at radius 2 is 1.76 bits per heavy atom. The molecule has 1 aromatic heterocycles. The number of halogens is 2. The number of hydrogen-bond donors (Lipinski definition) is 1. The molecule has 2 saturated heterocycles. The van der Waals surface area contributed by atoms with Gasteiger partial charge in [0.15, 0.2) is 0 Å². The van der Waals surface area contributed by atoms with E-state index >= 15 is 0 Å². The molecule has 0 amide bonds. The van der Waals surface area contributed by atoms with E-state index in [2.05, 4.69) is 36.1 Å². The Labute approximate surface area is 139 Å². The predicted molar refractivity (Wildman–Crippen MR) is 88.8 cm³/mol. The van der Waals surface area contributed by atoms with E-state index in [1.807, 2.05) is 6.07 Å². The number of nitrogens with one attached hydrogen (secondary N) is 1. The zero-order valence-corrected chi connectivity index (χ0v) is 14.5. The van der Waals surface area contributed by atoms with Crippen LogP contribution in [0.25, 0.3) is 0 Å². The first-order valence-corrected chi connectivity index (χ1v) is 7.27. The molecule has 0 radical (unpaired) electrons. The molecule has 2 aliphatic rings. The molecule has 6 heteroatoms. The average Bonchev–Trinajstić information content (AvgIpc) is 2.68. The van der Waals surface area contributed by atoms with Gasteiger partial charge in [0, 0.05) is 29.8 Å². The summed E-state index contributed by atoms with van der Waals surface area (Å²) in [6.45, 7) is 6.37. The molecule has 2 unspecified atom stereocenters. The Kier molecular flexibility index (Phi) is 6.26. The lowest BCUT2D eigenvalue weighted by Gasteiger charge is -2.29. The van der Waals surface area contributed by atoms with Gasteiger partial charge in [-0.3, -0.25) is 0 Å². The van der Waals surface area contributed by atoms with Crippen LogP contribution < -0.4 is 10.1 Å². The standard InChI is InChI=1S/C15H23N3O.2ClH/c1-15(2,3)14-16-7-6-13(18-14)19-12-8-10-4-5-11(9-12)17-10;;/h6-7,10-12,17H,4-5,8-9H2,1-3H3;2*1H. The molecular weight excluding hydrogens is 309 g/mol. The molecule has 1 N–H and O–H groups in total. The molecule has 0 aliphatic carbocycles. The molecule has 120 valence electrons. The third-order valence-corrected chi connectivity index (χ3v) is 4.02. The van der Waals surface area contributed by atoms with Crippen LogP contribution in [0.15, 0.2) is 12.3 Å². The van der Waals surface area contributed by atoms with Gasteiger partial charge in [0.2, 0.25) is 5.88 Å². The van der Waals surface area contributed by atoms with Gasteiger partial charge >= 0.3 is 0 Å². The summed E-state index contributed by atoms with van der Waals surface area (Å²) in [5.74, 6) is 1.58. The van der Waals surface area contributed by atoms with Gasteiger partial charge in [-0.2, -0.15) is 4.98 Å². The van der Waals surface area contributed by atoms with Crippen LogP contribution in [0.4, 0.5) is 0 Å². The van der Waals surface area contributed by atoms with Gasteiger partial charge in [-0.1, -0.05) is 20.8 Å². The molecule has 0 saturated carbocycles. The maximum atomic E-state index is 6.08.